The third-order valence-electron chi connectivity index (χ3n) is 2.78. The van der Waals surface area contributed by atoms with Crippen LogP contribution in [-0.4, -0.2) is 34.6 Å². The molecular weight excluding hydrogens is 220 g/mol. The first-order valence-corrected chi connectivity index (χ1v) is 6.80. The highest BCUT2D eigenvalue weighted by atomic mass is 32.1. The lowest BCUT2D eigenvalue weighted by atomic mass is 10.3. The van der Waals surface area contributed by atoms with Crippen LogP contribution in [0, 0.1) is 5.92 Å². The van der Waals surface area contributed by atoms with E-state index in [1.54, 1.807) is 0 Å². The second-order valence-electron chi connectivity index (χ2n) is 4.62. The average Bonchev–Trinajstić information content (AvgIpc) is 2.95. The molecular formula is C11H20N4S. The third-order valence-corrected chi connectivity index (χ3v) is 3.50. The quantitative estimate of drug-likeness (QED) is 0.793. The molecule has 2 rings (SSSR count). The van der Waals surface area contributed by atoms with Crippen LogP contribution in [0.1, 0.15) is 31.9 Å². The fourth-order valence-electron chi connectivity index (χ4n) is 1.75. The van der Waals surface area contributed by atoms with Gasteiger partial charge in [-0.2, -0.15) is 0 Å². The van der Waals surface area contributed by atoms with Crippen molar-refractivity contribution in [2.45, 2.75) is 32.7 Å². The fourth-order valence-corrected chi connectivity index (χ4v) is 2.34. The molecule has 5 heteroatoms. The van der Waals surface area contributed by atoms with Crippen molar-refractivity contribution in [2.24, 2.45) is 5.92 Å². The van der Waals surface area contributed by atoms with E-state index in [0.29, 0.717) is 0 Å². The lowest BCUT2D eigenvalue weighted by Crippen LogP contribution is -2.21. The monoisotopic (exact) mass is 240 g/mol. The zero-order chi connectivity index (χ0) is 11.4. The summed E-state index contributed by atoms with van der Waals surface area (Å²) in [6.07, 6.45) is 3.94. The van der Waals surface area contributed by atoms with Gasteiger partial charge in [0.1, 0.15) is 10.7 Å². The molecule has 0 atom stereocenters. The number of hydrogen-bond acceptors (Lipinski definition) is 5. The molecule has 1 aromatic heterocycles. The van der Waals surface area contributed by atoms with Gasteiger partial charge in [0.25, 0.3) is 0 Å². The molecule has 1 aromatic rings. The number of nitrogens with one attached hydrogen (secondary N) is 1. The van der Waals surface area contributed by atoms with Gasteiger partial charge in [0, 0.05) is 31.2 Å². The van der Waals surface area contributed by atoms with E-state index in [1.807, 2.05) is 0 Å². The molecule has 90 valence electrons. The van der Waals surface area contributed by atoms with Crippen molar-refractivity contribution in [3.63, 3.8) is 0 Å². The van der Waals surface area contributed by atoms with Crippen LogP contribution in [0.2, 0.25) is 0 Å². The van der Waals surface area contributed by atoms with Gasteiger partial charge in [0.05, 0.1) is 0 Å². The van der Waals surface area contributed by atoms with E-state index in [1.165, 1.54) is 30.9 Å². The molecule has 16 heavy (non-hydrogen) atoms. The van der Waals surface area contributed by atoms with Gasteiger partial charge in [0.2, 0.25) is 0 Å². The molecule has 1 aliphatic rings. The lowest BCUT2D eigenvalue weighted by molar-refractivity contribution is 0.309. The highest BCUT2D eigenvalue weighted by Gasteiger charge is 2.23. The first-order valence-electron chi connectivity index (χ1n) is 6.03. The van der Waals surface area contributed by atoms with E-state index in [-0.39, 0.29) is 0 Å². The van der Waals surface area contributed by atoms with Crippen LogP contribution in [0.4, 0.5) is 5.00 Å². The van der Waals surface area contributed by atoms with Crippen LogP contribution in [-0.2, 0) is 6.54 Å². The lowest BCUT2D eigenvalue weighted by Gasteiger charge is -2.15. The molecule has 0 amide bonds. The molecule has 0 saturated heterocycles. The van der Waals surface area contributed by atoms with E-state index >= 15 is 0 Å². The Bertz CT molecular complexity index is 322. The molecule has 1 saturated carbocycles. The van der Waals surface area contributed by atoms with Crippen LogP contribution >= 0.6 is 11.5 Å². The van der Waals surface area contributed by atoms with Crippen molar-refractivity contribution in [1.82, 2.24) is 14.5 Å². The van der Waals surface area contributed by atoms with E-state index in [4.69, 9.17) is 0 Å². The Labute approximate surface area is 101 Å². The highest BCUT2D eigenvalue weighted by Crippen LogP contribution is 2.30. The second-order valence-corrected chi connectivity index (χ2v) is 5.37. The predicted molar refractivity (Wildman–Crippen MR) is 67.7 cm³/mol. The summed E-state index contributed by atoms with van der Waals surface area (Å²) in [5.41, 5.74) is 1.10. The normalized spacial score (nSPS) is 15.7. The van der Waals surface area contributed by atoms with Crippen LogP contribution in [0.3, 0.4) is 0 Å². The predicted octanol–water partition coefficient (Wildman–Crippen LogP) is 2.20. The van der Waals surface area contributed by atoms with Gasteiger partial charge in [-0.1, -0.05) is 11.4 Å². The molecule has 1 heterocycles. The molecule has 0 unspecified atom stereocenters. The maximum Gasteiger partial charge on any atom is 0.134 e. The summed E-state index contributed by atoms with van der Waals surface area (Å²) in [5, 5.41) is 8.73. The van der Waals surface area contributed by atoms with E-state index in [9.17, 15) is 0 Å². The summed E-state index contributed by atoms with van der Waals surface area (Å²) in [5.74, 6) is 0.934. The van der Waals surface area contributed by atoms with Gasteiger partial charge in [-0.15, -0.1) is 5.10 Å². The van der Waals surface area contributed by atoms with E-state index in [2.05, 4.69) is 33.8 Å². The van der Waals surface area contributed by atoms with Crippen LogP contribution in [0.15, 0.2) is 0 Å². The second kappa shape index (κ2) is 5.59. The van der Waals surface area contributed by atoms with Crippen LogP contribution in [0.5, 0.6) is 0 Å². The standard InChI is InChI=1S/C11H20N4S/c1-3-6-12-11-10(13-14-16-11)8-15(2)7-9-4-5-9/h9,12H,3-8H2,1-2H3. The fraction of sp³-hybridized carbons (Fsp3) is 0.818. The minimum Gasteiger partial charge on any atom is -0.374 e. The van der Waals surface area contributed by atoms with Gasteiger partial charge >= 0.3 is 0 Å². The van der Waals surface area contributed by atoms with Crippen molar-refractivity contribution in [3.05, 3.63) is 5.69 Å². The summed E-state index contributed by atoms with van der Waals surface area (Å²) >= 11 is 1.47. The van der Waals surface area contributed by atoms with Crippen molar-refractivity contribution in [2.75, 3.05) is 25.5 Å². The number of aromatic nitrogens is 2. The maximum atomic E-state index is 4.20. The topological polar surface area (TPSA) is 41.1 Å². The summed E-state index contributed by atoms with van der Waals surface area (Å²) < 4.78 is 4.03. The van der Waals surface area contributed by atoms with Gasteiger partial charge < -0.3 is 10.2 Å². The third kappa shape index (κ3) is 3.42. The first-order chi connectivity index (χ1) is 7.79. The highest BCUT2D eigenvalue weighted by molar-refractivity contribution is 7.10. The van der Waals surface area contributed by atoms with Gasteiger partial charge in [-0.3, -0.25) is 0 Å². The summed E-state index contributed by atoms with van der Waals surface area (Å²) in [6.45, 7) is 5.29. The Morgan fingerprint density at radius 1 is 1.50 bits per heavy atom. The Hall–Kier alpha value is -0.680. The van der Waals surface area contributed by atoms with Crippen molar-refractivity contribution >= 4 is 16.5 Å². The molecule has 0 radical (unpaired) electrons. The number of nitrogens with zero attached hydrogens (tertiary/aromatic N) is 3. The Kier molecular flexibility index (Phi) is 4.12. The Balaban J connectivity index is 1.84. The number of rotatable bonds is 7. The minimum absolute atomic E-state index is 0.916. The summed E-state index contributed by atoms with van der Waals surface area (Å²) in [6, 6.07) is 0. The van der Waals surface area contributed by atoms with Gasteiger partial charge in [-0.25, -0.2) is 0 Å². The summed E-state index contributed by atoms with van der Waals surface area (Å²) in [4.78, 5) is 2.35. The maximum absolute atomic E-state index is 4.20. The first kappa shape index (κ1) is 11.8. The molecule has 1 fully saturated rings. The molecule has 4 nitrogen and oxygen atoms in total. The molecule has 1 aliphatic carbocycles. The van der Waals surface area contributed by atoms with E-state index < -0.39 is 0 Å². The largest absolute Gasteiger partial charge is 0.374 e. The van der Waals surface area contributed by atoms with Crippen LogP contribution in [0.25, 0.3) is 0 Å². The number of hydrogen-bond donors (Lipinski definition) is 1. The Morgan fingerprint density at radius 2 is 2.31 bits per heavy atom. The van der Waals surface area contributed by atoms with E-state index in [0.717, 1.165) is 36.1 Å². The van der Waals surface area contributed by atoms with Crippen molar-refractivity contribution in [1.29, 1.82) is 0 Å². The van der Waals surface area contributed by atoms with Gasteiger partial charge in [0.15, 0.2) is 0 Å². The minimum atomic E-state index is 0.916. The SMILES string of the molecule is CCCNc1snnc1CN(C)CC1CC1. The van der Waals surface area contributed by atoms with Gasteiger partial charge in [-0.05, 0) is 32.2 Å². The van der Waals surface area contributed by atoms with Crippen LogP contribution < -0.4 is 5.32 Å². The van der Waals surface area contributed by atoms with Crippen molar-refractivity contribution in [3.8, 4) is 0 Å². The zero-order valence-electron chi connectivity index (χ0n) is 10.1. The smallest absolute Gasteiger partial charge is 0.134 e. The molecule has 0 aliphatic heterocycles. The summed E-state index contributed by atoms with van der Waals surface area (Å²) in [7, 11) is 2.17. The average molecular weight is 240 g/mol. The molecule has 0 aromatic carbocycles. The van der Waals surface area contributed by atoms with Crippen molar-refractivity contribution < 1.29 is 0 Å². The number of anilines is 1. The molecule has 0 spiro atoms. The Morgan fingerprint density at radius 3 is 3.00 bits per heavy atom. The molecule has 1 N–H and O–H groups in total. The zero-order valence-corrected chi connectivity index (χ0v) is 10.9. The molecule has 0 bridgehead atoms.